The maximum Gasteiger partial charge on any atom is 0.242 e. The summed E-state index contributed by atoms with van der Waals surface area (Å²) in [6, 6.07) is 14.4. The van der Waals surface area contributed by atoms with Crippen LogP contribution in [0.25, 0.3) is 10.8 Å². The SMILES string of the molecule is CC(=O)NCC(=O)N1CC[C@@H](c2ccc3ccccc3c2)[C@H](O)C1. The second kappa shape index (κ2) is 7.01. The number of hydrogen-bond acceptors (Lipinski definition) is 3. The number of benzene rings is 2. The summed E-state index contributed by atoms with van der Waals surface area (Å²) in [4.78, 5) is 24.6. The van der Waals surface area contributed by atoms with Crippen molar-refractivity contribution in [3.63, 3.8) is 0 Å². The summed E-state index contributed by atoms with van der Waals surface area (Å²) in [7, 11) is 0. The van der Waals surface area contributed by atoms with Gasteiger partial charge in [0.2, 0.25) is 11.8 Å². The highest BCUT2D eigenvalue weighted by Gasteiger charge is 2.31. The average Bonchev–Trinajstić information content (AvgIpc) is 2.59. The number of piperidine rings is 1. The lowest BCUT2D eigenvalue weighted by Gasteiger charge is -2.36. The van der Waals surface area contributed by atoms with E-state index in [2.05, 4.69) is 35.6 Å². The number of hydrogen-bond donors (Lipinski definition) is 2. The number of nitrogens with zero attached hydrogens (tertiary/aromatic N) is 1. The minimum atomic E-state index is -0.596. The van der Waals surface area contributed by atoms with Crippen LogP contribution in [0.1, 0.15) is 24.8 Å². The van der Waals surface area contributed by atoms with Crippen LogP contribution in [-0.4, -0.2) is 47.6 Å². The summed E-state index contributed by atoms with van der Waals surface area (Å²) < 4.78 is 0. The van der Waals surface area contributed by atoms with Crippen LogP contribution in [-0.2, 0) is 9.59 Å². The maximum absolute atomic E-state index is 12.1. The van der Waals surface area contributed by atoms with Crippen LogP contribution >= 0.6 is 0 Å². The molecule has 3 rings (SSSR count). The molecule has 2 N–H and O–H groups in total. The van der Waals surface area contributed by atoms with Crippen molar-refractivity contribution in [2.45, 2.75) is 25.4 Å². The van der Waals surface area contributed by atoms with Gasteiger partial charge >= 0.3 is 0 Å². The standard InChI is InChI=1S/C19H22N2O3/c1-13(22)20-11-19(24)21-9-8-17(18(23)12-21)16-7-6-14-4-2-3-5-15(14)10-16/h2-7,10,17-18,23H,8-9,11-12H2,1H3,(H,20,22)/t17-,18+/m0/s1. The lowest BCUT2D eigenvalue weighted by molar-refractivity contribution is -0.135. The number of amides is 2. The van der Waals surface area contributed by atoms with E-state index in [9.17, 15) is 14.7 Å². The van der Waals surface area contributed by atoms with E-state index >= 15 is 0 Å². The predicted molar refractivity (Wildman–Crippen MR) is 92.6 cm³/mol. The van der Waals surface area contributed by atoms with Crippen LogP contribution in [0.4, 0.5) is 0 Å². The zero-order valence-electron chi connectivity index (χ0n) is 13.7. The van der Waals surface area contributed by atoms with Gasteiger partial charge in [-0.3, -0.25) is 9.59 Å². The number of carbonyl (C=O) groups excluding carboxylic acids is 2. The molecular weight excluding hydrogens is 304 g/mol. The molecule has 126 valence electrons. The van der Waals surface area contributed by atoms with Gasteiger partial charge in [0.25, 0.3) is 0 Å². The van der Waals surface area contributed by atoms with E-state index in [1.807, 2.05) is 12.1 Å². The molecule has 0 unspecified atom stereocenters. The maximum atomic E-state index is 12.1. The fourth-order valence-corrected chi connectivity index (χ4v) is 3.30. The molecule has 0 spiro atoms. The largest absolute Gasteiger partial charge is 0.391 e. The summed E-state index contributed by atoms with van der Waals surface area (Å²) >= 11 is 0. The molecule has 0 bridgehead atoms. The van der Waals surface area contributed by atoms with Gasteiger partial charge in [-0.1, -0.05) is 42.5 Å². The Balaban J connectivity index is 1.68. The molecule has 5 heteroatoms. The first-order chi connectivity index (χ1) is 11.5. The molecule has 1 heterocycles. The third kappa shape index (κ3) is 3.57. The Morgan fingerprint density at radius 1 is 1.21 bits per heavy atom. The van der Waals surface area contributed by atoms with E-state index in [1.165, 1.54) is 12.3 Å². The van der Waals surface area contributed by atoms with Crippen LogP contribution in [0.5, 0.6) is 0 Å². The first-order valence-corrected chi connectivity index (χ1v) is 8.23. The molecule has 1 saturated heterocycles. The van der Waals surface area contributed by atoms with E-state index in [1.54, 1.807) is 4.90 Å². The van der Waals surface area contributed by atoms with Crippen LogP contribution in [0.3, 0.4) is 0 Å². The number of aliphatic hydroxyl groups is 1. The lowest BCUT2D eigenvalue weighted by Crippen LogP contribution is -2.48. The predicted octanol–water partition coefficient (Wildman–Crippen LogP) is 1.65. The van der Waals surface area contributed by atoms with Gasteiger partial charge in [-0.25, -0.2) is 0 Å². The number of fused-ring (bicyclic) bond motifs is 1. The van der Waals surface area contributed by atoms with Gasteiger partial charge in [0, 0.05) is 25.9 Å². The third-order valence-corrected chi connectivity index (χ3v) is 4.62. The fraction of sp³-hybridized carbons (Fsp3) is 0.368. The van der Waals surface area contributed by atoms with Crippen LogP contribution in [0.15, 0.2) is 42.5 Å². The molecule has 2 atom stereocenters. The highest BCUT2D eigenvalue weighted by Crippen LogP contribution is 2.30. The second-order valence-electron chi connectivity index (χ2n) is 6.32. The summed E-state index contributed by atoms with van der Waals surface area (Å²) in [6.45, 7) is 2.26. The van der Waals surface area contributed by atoms with E-state index in [-0.39, 0.29) is 24.3 Å². The fourth-order valence-electron chi connectivity index (χ4n) is 3.30. The lowest BCUT2D eigenvalue weighted by atomic mass is 9.86. The molecular formula is C19H22N2O3. The Morgan fingerprint density at radius 3 is 2.67 bits per heavy atom. The van der Waals surface area contributed by atoms with Crippen molar-refractivity contribution in [1.29, 1.82) is 0 Å². The zero-order chi connectivity index (χ0) is 17.1. The number of nitrogens with one attached hydrogen (secondary N) is 1. The van der Waals surface area contributed by atoms with Gasteiger partial charge in [0.1, 0.15) is 0 Å². The van der Waals surface area contributed by atoms with E-state index < -0.39 is 6.10 Å². The molecule has 0 radical (unpaired) electrons. The third-order valence-electron chi connectivity index (χ3n) is 4.62. The van der Waals surface area contributed by atoms with E-state index in [0.29, 0.717) is 19.5 Å². The van der Waals surface area contributed by atoms with E-state index in [4.69, 9.17) is 0 Å². The summed E-state index contributed by atoms with van der Waals surface area (Å²) in [5.74, 6) is -0.351. The topological polar surface area (TPSA) is 69.6 Å². The van der Waals surface area contributed by atoms with Crippen molar-refractivity contribution in [3.05, 3.63) is 48.0 Å². The summed E-state index contributed by atoms with van der Waals surface area (Å²) in [6.07, 6.45) is 0.117. The molecule has 5 nitrogen and oxygen atoms in total. The molecule has 1 aliphatic heterocycles. The highest BCUT2D eigenvalue weighted by atomic mass is 16.3. The molecule has 0 saturated carbocycles. The van der Waals surface area contributed by atoms with E-state index in [0.717, 1.165) is 10.9 Å². The Kier molecular flexibility index (Phi) is 4.81. The van der Waals surface area contributed by atoms with Crippen molar-refractivity contribution in [2.24, 2.45) is 0 Å². The molecule has 0 aromatic heterocycles. The van der Waals surface area contributed by atoms with Crippen molar-refractivity contribution in [2.75, 3.05) is 19.6 Å². The molecule has 1 aliphatic rings. The Labute approximate surface area is 141 Å². The summed E-state index contributed by atoms with van der Waals surface area (Å²) in [5, 5.41) is 15.4. The zero-order valence-corrected chi connectivity index (χ0v) is 13.7. The number of β-amino-alcohol motifs (C(OH)–C–C–N with tert-alkyl or cyclic N) is 1. The Hall–Kier alpha value is -2.40. The van der Waals surface area contributed by atoms with Crippen molar-refractivity contribution < 1.29 is 14.7 Å². The Morgan fingerprint density at radius 2 is 1.96 bits per heavy atom. The Bertz CT molecular complexity index is 759. The van der Waals surface area contributed by atoms with Crippen LogP contribution in [0, 0.1) is 0 Å². The average molecular weight is 326 g/mol. The number of carbonyl (C=O) groups is 2. The number of rotatable bonds is 3. The van der Waals surface area contributed by atoms with Gasteiger partial charge in [0.15, 0.2) is 0 Å². The van der Waals surface area contributed by atoms with Crippen molar-refractivity contribution in [1.82, 2.24) is 10.2 Å². The summed E-state index contributed by atoms with van der Waals surface area (Å²) in [5.41, 5.74) is 1.11. The van der Waals surface area contributed by atoms with Gasteiger partial charge in [-0.05, 0) is 22.8 Å². The van der Waals surface area contributed by atoms with Crippen molar-refractivity contribution >= 4 is 22.6 Å². The highest BCUT2D eigenvalue weighted by molar-refractivity contribution is 5.84. The van der Waals surface area contributed by atoms with Gasteiger partial charge in [-0.15, -0.1) is 0 Å². The van der Waals surface area contributed by atoms with Gasteiger partial charge in [-0.2, -0.15) is 0 Å². The molecule has 2 aromatic rings. The minimum absolute atomic E-state index is 0.0112. The monoisotopic (exact) mass is 326 g/mol. The molecule has 0 aliphatic carbocycles. The number of likely N-dealkylation sites (tertiary alicyclic amines) is 1. The minimum Gasteiger partial charge on any atom is -0.391 e. The smallest absolute Gasteiger partial charge is 0.242 e. The first kappa shape index (κ1) is 16.5. The van der Waals surface area contributed by atoms with Crippen LogP contribution in [0.2, 0.25) is 0 Å². The first-order valence-electron chi connectivity index (χ1n) is 8.23. The molecule has 1 fully saturated rings. The van der Waals surface area contributed by atoms with Crippen LogP contribution < -0.4 is 5.32 Å². The molecule has 24 heavy (non-hydrogen) atoms. The molecule has 2 amide bonds. The van der Waals surface area contributed by atoms with Gasteiger partial charge < -0.3 is 15.3 Å². The normalized spacial score (nSPS) is 20.8. The second-order valence-corrected chi connectivity index (χ2v) is 6.32. The number of aliphatic hydroxyl groups excluding tert-OH is 1. The quantitative estimate of drug-likeness (QED) is 0.901. The molecule has 2 aromatic carbocycles. The van der Waals surface area contributed by atoms with Crippen molar-refractivity contribution in [3.8, 4) is 0 Å². The van der Waals surface area contributed by atoms with Gasteiger partial charge in [0.05, 0.1) is 12.6 Å².